The van der Waals surface area contributed by atoms with Crippen LogP contribution >= 0.6 is 15.9 Å². The number of rotatable bonds is 5. The minimum Gasteiger partial charge on any atom is -0.494 e. The van der Waals surface area contributed by atoms with Gasteiger partial charge in [-0.25, -0.2) is 8.78 Å². The number of ether oxygens (including phenoxy) is 1. The van der Waals surface area contributed by atoms with E-state index in [2.05, 4.69) is 21.2 Å². The minimum atomic E-state index is -0.388. The van der Waals surface area contributed by atoms with Gasteiger partial charge in [-0.05, 0) is 48.4 Å². The number of benzene rings is 2. The molecule has 2 nitrogen and oxygen atoms in total. The van der Waals surface area contributed by atoms with Crippen LogP contribution in [-0.4, -0.2) is 7.11 Å². The van der Waals surface area contributed by atoms with Crippen molar-refractivity contribution in [1.82, 2.24) is 5.32 Å². The first kappa shape index (κ1) is 15.9. The highest BCUT2D eigenvalue weighted by molar-refractivity contribution is 9.10. The SMILES string of the molecule is COc1cc(C(C)NCc2cc(F)ccc2Br)ccc1F. The van der Waals surface area contributed by atoms with Crippen molar-refractivity contribution < 1.29 is 13.5 Å². The second kappa shape index (κ2) is 7.00. The zero-order valence-corrected chi connectivity index (χ0v) is 13.4. The molecular weight excluding hydrogens is 340 g/mol. The molecule has 1 unspecified atom stereocenters. The van der Waals surface area contributed by atoms with Gasteiger partial charge >= 0.3 is 0 Å². The molecule has 0 amide bonds. The fraction of sp³-hybridized carbons (Fsp3) is 0.250. The quantitative estimate of drug-likeness (QED) is 0.846. The van der Waals surface area contributed by atoms with Crippen molar-refractivity contribution in [3.63, 3.8) is 0 Å². The van der Waals surface area contributed by atoms with Crippen LogP contribution in [0, 0.1) is 11.6 Å². The van der Waals surface area contributed by atoms with Crippen LogP contribution < -0.4 is 10.1 Å². The van der Waals surface area contributed by atoms with E-state index in [4.69, 9.17) is 4.74 Å². The fourth-order valence-corrected chi connectivity index (χ4v) is 2.39. The van der Waals surface area contributed by atoms with Gasteiger partial charge in [0.25, 0.3) is 0 Å². The normalized spacial score (nSPS) is 12.2. The van der Waals surface area contributed by atoms with Crippen LogP contribution in [0.5, 0.6) is 5.75 Å². The second-order valence-electron chi connectivity index (χ2n) is 4.73. The molecule has 0 saturated heterocycles. The topological polar surface area (TPSA) is 21.3 Å². The Morgan fingerprint density at radius 2 is 1.95 bits per heavy atom. The highest BCUT2D eigenvalue weighted by Gasteiger charge is 2.10. The molecule has 0 spiro atoms. The van der Waals surface area contributed by atoms with Gasteiger partial charge < -0.3 is 10.1 Å². The van der Waals surface area contributed by atoms with E-state index in [9.17, 15) is 8.78 Å². The Balaban J connectivity index is 2.08. The van der Waals surface area contributed by atoms with E-state index in [1.165, 1.54) is 25.3 Å². The molecule has 0 aromatic heterocycles. The maximum absolute atomic E-state index is 13.4. The van der Waals surface area contributed by atoms with E-state index in [0.717, 1.165) is 15.6 Å². The molecule has 2 aromatic carbocycles. The summed E-state index contributed by atoms with van der Waals surface area (Å²) in [6, 6.07) is 9.29. The Kier molecular flexibility index (Phi) is 5.31. The number of hydrogen-bond acceptors (Lipinski definition) is 2. The number of halogens is 3. The number of methoxy groups -OCH3 is 1. The van der Waals surface area contributed by atoms with Crippen LogP contribution in [0.15, 0.2) is 40.9 Å². The first-order valence-electron chi connectivity index (χ1n) is 6.52. The van der Waals surface area contributed by atoms with Gasteiger partial charge in [0.05, 0.1) is 7.11 Å². The van der Waals surface area contributed by atoms with Crippen LogP contribution in [0.25, 0.3) is 0 Å². The molecule has 1 N–H and O–H groups in total. The minimum absolute atomic E-state index is 0.0188. The second-order valence-corrected chi connectivity index (χ2v) is 5.59. The van der Waals surface area contributed by atoms with Crippen LogP contribution in [0.1, 0.15) is 24.1 Å². The highest BCUT2D eigenvalue weighted by atomic mass is 79.9. The summed E-state index contributed by atoms with van der Waals surface area (Å²) in [5, 5.41) is 3.28. The molecule has 112 valence electrons. The summed E-state index contributed by atoms with van der Waals surface area (Å²) in [5.41, 5.74) is 1.73. The molecule has 0 aliphatic rings. The lowest BCUT2D eigenvalue weighted by atomic mass is 10.1. The average Bonchev–Trinajstić information content (AvgIpc) is 2.48. The largest absolute Gasteiger partial charge is 0.494 e. The summed E-state index contributed by atoms with van der Waals surface area (Å²) in [6.45, 7) is 2.46. The van der Waals surface area contributed by atoms with E-state index in [-0.39, 0.29) is 23.4 Å². The summed E-state index contributed by atoms with van der Waals surface area (Å²) in [6.07, 6.45) is 0. The standard InChI is InChI=1S/C16H16BrF2NO/c1-10(11-3-6-15(19)16(8-11)21-2)20-9-12-7-13(18)4-5-14(12)17/h3-8,10,20H,9H2,1-2H3. The van der Waals surface area contributed by atoms with Crippen molar-refractivity contribution in [3.8, 4) is 5.75 Å². The van der Waals surface area contributed by atoms with Crippen LogP contribution in [0.4, 0.5) is 8.78 Å². The van der Waals surface area contributed by atoms with Crippen molar-refractivity contribution in [2.45, 2.75) is 19.5 Å². The van der Waals surface area contributed by atoms with Gasteiger partial charge in [-0.1, -0.05) is 22.0 Å². The molecule has 5 heteroatoms. The first-order chi connectivity index (χ1) is 10.0. The lowest BCUT2D eigenvalue weighted by Gasteiger charge is -2.16. The molecule has 0 bridgehead atoms. The Labute approximate surface area is 131 Å². The molecule has 2 aromatic rings. The Bertz CT molecular complexity index is 634. The van der Waals surface area contributed by atoms with Gasteiger partial charge in [0.1, 0.15) is 5.82 Å². The van der Waals surface area contributed by atoms with Gasteiger partial charge in [-0.2, -0.15) is 0 Å². The predicted octanol–water partition coefficient (Wildman–Crippen LogP) is 4.59. The molecule has 0 saturated carbocycles. The van der Waals surface area contributed by atoms with Crippen LogP contribution in [-0.2, 0) is 6.54 Å². The zero-order valence-electron chi connectivity index (χ0n) is 11.8. The first-order valence-corrected chi connectivity index (χ1v) is 7.31. The third kappa shape index (κ3) is 4.02. The van der Waals surface area contributed by atoms with Gasteiger partial charge in [-0.3, -0.25) is 0 Å². The third-order valence-electron chi connectivity index (χ3n) is 3.28. The predicted molar refractivity (Wildman–Crippen MR) is 82.3 cm³/mol. The lowest BCUT2D eigenvalue weighted by molar-refractivity contribution is 0.385. The number of nitrogens with one attached hydrogen (secondary N) is 1. The Morgan fingerprint density at radius 1 is 1.19 bits per heavy atom. The van der Waals surface area contributed by atoms with Crippen molar-refractivity contribution in [3.05, 3.63) is 63.6 Å². The molecule has 1 atom stereocenters. The van der Waals surface area contributed by atoms with Crippen molar-refractivity contribution >= 4 is 15.9 Å². The molecular formula is C16H16BrF2NO. The summed E-state index contributed by atoms with van der Waals surface area (Å²) < 4.78 is 32.4. The monoisotopic (exact) mass is 355 g/mol. The van der Waals surface area contributed by atoms with Gasteiger partial charge in [0, 0.05) is 17.1 Å². The maximum atomic E-state index is 13.4. The molecule has 21 heavy (non-hydrogen) atoms. The summed E-state index contributed by atoms with van der Waals surface area (Å²) in [7, 11) is 1.43. The molecule has 2 rings (SSSR count). The summed E-state index contributed by atoms with van der Waals surface area (Å²) >= 11 is 3.39. The van der Waals surface area contributed by atoms with E-state index in [0.29, 0.717) is 6.54 Å². The fourth-order valence-electron chi connectivity index (χ4n) is 2.01. The van der Waals surface area contributed by atoms with Crippen LogP contribution in [0.2, 0.25) is 0 Å². The summed E-state index contributed by atoms with van der Waals surface area (Å²) in [5.74, 6) is -0.444. The number of hydrogen-bond donors (Lipinski definition) is 1. The highest BCUT2D eigenvalue weighted by Crippen LogP contribution is 2.23. The summed E-state index contributed by atoms with van der Waals surface area (Å²) in [4.78, 5) is 0. The van der Waals surface area contributed by atoms with Gasteiger partial charge in [0.15, 0.2) is 11.6 Å². The molecule has 0 radical (unpaired) electrons. The lowest BCUT2D eigenvalue weighted by Crippen LogP contribution is -2.18. The Hall–Kier alpha value is -1.46. The average molecular weight is 356 g/mol. The smallest absolute Gasteiger partial charge is 0.165 e. The zero-order chi connectivity index (χ0) is 15.4. The van der Waals surface area contributed by atoms with Gasteiger partial charge in [-0.15, -0.1) is 0 Å². The van der Waals surface area contributed by atoms with Crippen molar-refractivity contribution in [2.24, 2.45) is 0 Å². The molecule has 0 heterocycles. The van der Waals surface area contributed by atoms with E-state index < -0.39 is 0 Å². The molecule has 0 aliphatic carbocycles. The van der Waals surface area contributed by atoms with Crippen LogP contribution in [0.3, 0.4) is 0 Å². The van der Waals surface area contributed by atoms with Gasteiger partial charge in [0.2, 0.25) is 0 Å². The van der Waals surface area contributed by atoms with Crippen molar-refractivity contribution in [1.29, 1.82) is 0 Å². The van der Waals surface area contributed by atoms with E-state index in [1.807, 2.05) is 6.92 Å². The van der Waals surface area contributed by atoms with Crippen molar-refractivity contribution in [2.75, 3.05) is 7.11 Å². The Morgan fingerprint density at radius 3 is 2.67 bits per heavy atom. The third-order valence-corrected chi connectivity index (χ3v) is 4.06. The van der Waals surface area contributed by atoms with E-state index in [1.54, 1.807) is 18.2 Å². The molecule has 0 aliphatic heterocycles. The molecule has 0 fully saturated rings. The maximum Gasteiger partial charge on any atom is 0.165 e. The van der Waals surface area contributed by atoms with E-state index >= 15 is 0 Å².